The number of carbonyl (C=O) groups is 2. The second-order valence-electron chi connectivity index (χ2n) is 7.98. The van der Waals surface area contributed by atoms with Gasteiger partial charge >= 0.3 is 0 Å². The number of H-pyrrole nitrogens is 1. The van der Waals surface area contributed by atoms with E-state index in [0.717, 1.165) is 35.4 Å². The Hall–Kier alpha value is -3.55. The van der Waals surface area contributed by atoms with Crippen molar-refractivity contribution in [1.29, 1.82) is 0 Å². The summed E-state index contributed by atoms with van der Waals surface area (Å²) in [6, 6.07) is 15.6. The number of piperazine rings is 1. The first kappa shape index (κ1) is 19.4. The van der Waals surface area contributed by atoms with Gasteiger partial charge in [0, 0.05) is 44.5 Å². The van der Waals surface area contributed by atoms with Crippen LogP contribution in [0.4, 0.5) is 11.5 Å². The zero-order valence-corrected chi connectivity index (χ0v) is 17.5. The number of para-hydroxylation sites is 3. The molecule has 5 rings (SSSR count). The molecule has 3 heterocycles. The number of carbonyl (C=O) groups excluding carboxylic acids is 2. The molecule has 1 N–H and O–H groups in total. The lowest BCUT2D eigenvalue weighted by Crippen LogP contribution is -2.50. The van der Waals surface area contributed by atoms with E-state index in [1.165, 1.54) is 0 Å². The number of nitrogens with one attached hydrogen (secondary N) is 1. The zero-order chi connectivity index (χ0) is 21.4. The van der Waals surface area contributed by atoms with Crippen LogP contribution in [-0.2, 0) is 9.59 Å². The Bertz CT molecular complexity index is 1120. The molecular weight excluding hydrogens is 394 g/mol. The summed E-state index contributed by atoms with van der Waals surface area (Å²) in [7, 11) is 1.67. The molecule has 2 fully saturated rings. The second kappa shape index (κ2) is 7.94. The average Bonchev–Trinajstić information content (AvgIpc) is 3.42. The molecule has 1 atom stereocenters. The fraction of sp³-hybridized carbons (Fsp3) is 0.348. The minimum Gasteiger partial charge on any atom is -0.495 e. The van der Waals surface area contributed by atoms with Crippen LogP contribution in [0, 0.1) is 5.92 Å². The highest BCUT2D eigenvalue weighted by atomic mass is 16.5. The number of ether oxygens (including phenoxy) is 1. The van der Waals surface area contributed by atoms with Gasteiger partial charge in [-0.25, -0.2) is 0 Å². The molecule has 2 aliphatic rings. The summed E-state index contributed by atoms with van der Waals surface area (Å²) in [5.41, 5.74) is 1.93. The molecule has 2 aliphatic heterocycles. The minimum absolute atomic E-state index is 0.0513. The molecule has 0 spiro atoms. The highest BCUT2D eigenvalue weighted by Crippen LogP contribution is 2.31. The molecule has 0 unspecified atom stereocenters. The third kappa shape index (κ3) is 3.48. The second-order valence-corrected chi connectivity index (χ2v) is 7.98. The molecule has 160 valence electrons. The highest BCUT2D eigenvalue weighted by Gasteiger charge is 2.39. The number of fused-ring (bicyclic) bond motifs is 1. The van der Waals surface area contributed by atoms with Crippen LogP contribution >= 0.6 is 0 Å². The maximum atomic E-state index is 13.2. The van der Waals surface area contributed by atoms with Gasteiger partial charge in [0.05, 0.1) is 24.2 Å². The van der Waals surface area contributed by atoms with Crippen molar-refractivity contribution in [1.82, 2.24) is 15.1 Å². The summed E-state index contributed by atoms with van der Waals surface area (Å²) < 4.78 is 5.47. The Morgan fingerprint density at radius 2 is 1.81 bits per heavy atom. The van der Waals surface area contributed by atoms with Crippen molar-refractivity contribution in [2.24, 2.45) is 5.92 Å². The number of benzene rings is 2. The predicted octanol–water partition coefficient (Wildman–Crippen LogP) is 2.27. The Morgan fingerprint density at radius 3 is 2.61 bits per heavy atom. The number of rotatable bonds is 4. The number of aromatic amines is 1. The zero-order valence-electron chi connectivity index (χ0n) is 17.5. The summed E-state index contributed by atoms with van der Waals surface area (Å²) in [5, 5.41) is 8.20. The van der Waals surface area contributed by atoms with Crippen LogP contribution in [0.15, 0.2) is 48.5 Å². The molecule has 1 aromatic heterocycles. The maximum absolute atomic E-state index is 13.2. The van der Waals surface area contributed by atoms with Crippen molar-refractivity contribution in [2.45, 2.75) is 6.42 Å². The van der Waals surface area contributed by atoms with Crippen molar-refractivity contribution in [2.75, 3.05) is 49.6 Å². The van der Waals surface area contributed by atoms with Crippen molar-refractivity contribution >= 4 is 34.2 Å². The van der Waals surface area contributed by atoms with E-state index in [9.17, 15) is 9.59 Å². The summed E-state index contributed by atoms with van der Waals surface area (Å²) in [6.45, 7) is 3.11. The van der Waals surface area contributed by atoms with Crippen molar-refractivity contribution in [3.8, 4) is 5.75 Å². The first-order valence-electron chi connectivity index (χ1n) is 10.6. The summed E-state index contributed by atoms with van der Waals surface area (Å²) in [5.74, 6) is 1.11. The summed E-state index contributed by atoms with van der Waals surface area (Å²) in [6.07, 6.45) is 0.229. The molecule has 0 bridgehead atoms. The number of anilines is 2. The number of hydrogen-bond donors (Lipinski definition) is 1. The van der Waals surface area contributed by atoms with E-state index in [-0.39, 0.29) is 24.2 Å². The van der Waals surface area contributed by atoms with Crippen LogP contribution in [0.2, 0.25) is 0 Å². The molecule has 0 radical (unpaired) electrons. The van der Waals surface area contributed by atoms with E-state index in [1.807, 2.05) is 53.4 Å². The first-order chi connectivity index (χ1) is 15.2. The van der Waals surface area contributed by atoms with Crippen LogP contribution in [-0.4, -0.2) is 66.7 Å². The molecule has 0 aliphatic carbocycles. The molecule has 2 amide bonds. The third-order valence-corrected chi connectivity index (χ3v) is 6.20. The Labute approximate surface area is 180 Å². The first-order valence-corrected chi connectivity index (χ1v) is 10.6. The monoisotopic (exact) mass is 419 g/mol. The van der Waals surface area contributed by atoms with E-state index in [1.54, 1.807) is 12.0 Å². The normalized spacial score (nSPS) is 19.3. The van der Waals surface area contributed by atoms with Gasteiger partial charge in [-0.15, -0.1) is 0 Å². The minimum atomic E-state index is -0.333. The number of nitrogens with zero attached hydrogens (tertiary/aromatic N) is 4. The van der Waals surface area contributed by atoms with Crippen LogP contribution < -0.4 is 14.5 Å². The standard InChI is InChI=1S/C23H25N5O3/c1-31-20-9-5-4-8-19(20)26-10-12-27(13-11-26)23(30)16-14-21(29)28(15-16)22-17-6-2-3-7-18(17)24-25-22/h2-9,16H,10-15H2,1H3,(H,24,25)/t16-/m0/s1. The predicted molar refractivity (Wildman–Crippen MR) is 118 cm³/mol. The van der Waals surface area contributed by atoms with Gasteiger partial charge in [-0.2, -0.15) is 5.10 Å². The third-order valence-electron chi connectivity index (χ3n) is 6.20. The van der Waals surface area contributed by atoms with Crippen molar-refractivity contribution in [3.63, 3.8) is 0 Å². The smallest absolute Gasteiger partial charge is 0.229 e. The van der Waals surface area contributed by atoms with Gasteiger partial charge in [-0.05, 0) is 24.3 Å². The van der Waals surface area contributed by atoms with Gasteiger partial charge in [0.15, 0.2) is 5.82 Å². The number of aromatic nitrogens is 2. The summed E-state index contributed by atoms with van der Waals surface area (Å²) in [4.78, 5) is 31.6. The van der Waals surface area contributed by atoms with Gasteiger partial charge < -0.3 is 14.5 Å². The van der Waals surface area contributed by atoms with E-state index in [2.05, 4.69) is 15.1 Å². The van der Waals surface area contributed by atoms with Crippen molar-refractivity contribution in [3.05, 3.63) is 48.5 Å². The maximum Gasteiger partial charge on any atom is 0.229 e. The Balaban J connectivity index is 1.25. The molecular formula is C23H25N5O3. The van der Waals surface area contributed by atoms with Gasteiger partial charge in [0.25, 0.3) is 0 Å². The lowest BCUT2D eigenvalue weighted by atomic mass is 10.1. The quantitative estimate of drug-likeness (QED) is 0.702. The highest BCUT2D eigenvalue weighted by molar-refractivity contribution is 6.05. The molecule has 31 heavy (non-hydrogen) atoms. The van der Waals surface area contributed by atoms with Crippen LogP contribution in [0.3, 0.4) is 0 Å². The fourth-order valence-electron chi connectivity index (χ4n) is 4.55. The SMILES string of the molecule is COc1ccccc1N1CCN(C(=O)[C@H]2CC(=O)N(c3n[nH]c4ccccc34)C2)CC1. The van der Waals surface area contributed by atoms with E-state index in [4.69, 9.17) is 4.74 Å². The van der Waals surface area contributed by atoms with E-state index in [0.29, 0.717) is 25.5 Å². The topological polar surface area (TPSA) is 81.8 Å². The van der Waals surface area contributed by atoms with E-state index < -0.39 is 0 Å². The molecule has 2 aromatic carbocycles. The van der Waals surface area contributed by atoms with Crippen LogP contribution in [0.1, 0.15) is 6.42 Å². The molecule has 3 aromatic rings. The summed E-state index contributed by atoms with van der Waals surface area (Å²) >= 11 is 0. The number of amides is 2. The van der Waals surface area contributed by atoms with Gasteiger partial charge in [0.2, 0.25) is 11.8 Å². The lowest BCUT2D eigenvalue weighted by Gasteiger charge is -2.37. The van der Waals surface area contributed by atoms with Crippen molar-refractivity contribution < 1.29 is 14.3 Å². The van der Waals surface area contributed by atoms with Gasteiger partial charge in [0.1, 0.15) is 5.75 Å². The van der Waals surface area contributed by atoms with E-state index >= 15 is 0 Å². The molecule has 2 saturated heterocycles. The number of hydrogen-bond acceptors (Lipinski definition) is 5. The largest absolute Gasteiger partial charge is 0.495 e. The Kier molecular flexibility index (Phi) is 4.97. The number of methoxy groups -OCH3 is 1. The lowest BCUT2D eigenvalue weighted by molar-refractivity contribution is -0.136. The molecule has 8 heteroatoms. The fourth-order valence-corrected chi connectivity index (χ4v) is 4.55. The molecule has 8 nitrogen and oxygen atoms in total. The van der Waals surface area contributed by atoms with Crippen LogP contribution in [0.25, 0.3) is 10.9 Å². The van der Waals surface area contributed by atoms with Gasteiger partial charge in [-0.3, -0.25) is 19.6 Å². The average molecular weight is 419 g/mol. The molecule has 0 saturated carbocycles. The Morgan fingerprint density at radius 1 is 1.06 bits per heavy atom. The van der Waals surface area contributed by atoms with Crippen LogP contribution in [0.5, 0.6) is 5.75 Å². The van der Waals surface area contributed by atoms with Gasteiger partial charge in [-0.1, -0.05) is 24.3 Å².